The van der Waals surface area contributed by atoms with Crippen LogP contribution < -0.4 is 15.6 Å². The summed E-state index contributed by atoms with van der Waals surface area (Å²) in [6.07, 6.45) is 0.555. The van der Waals surface area contributed by atoms with Crippen LogP contribution in [0, 0.1) is 0 Å². The second-order valence-electron chi connectivity index (χ2n) is 4.87. The van der Waals surface area contributed by atoms with Crippen molar-refractivity contribution in [2.45, 2.75) is 13.0 Å². The van der Waals surface area contributed by atoms with Crippen molar-refractivity contribution in [1.29, 1.82) is 0 Å². The average molecular weight is 288 g/mol. The fraction of sp³-hybridized carbons (Fsp3) is 0.286. The number of nitrogens with one attached hydrogen (secondary N) is 3. The number of nitrogens with zero attached hydrogens (tertiary/aromatic N) is 1. The number of aromatic nitrogens is 2. The summed E-state index contributed by atoms with van der Waals surface area (Å²) in [5.74, 6) is 0.684. The molecule has 0 aliphatic carbocycles. The van der Waals surface area contributed by atoms with Gasteiger partial charge in [-0.3, -0.25) is 9.89 Å². The van der Waals surface area contributed by atoms with Gasteiger partial charge in [-0.15, -0.1) is 0 Å². The van der Waals surface area contributed by atoms with Gasteiger partial charge in [-0.2, -0.15) is 0 Å². The summed E-state index contributed by atoms with van der Waals surface area (Å²) in [6, 6.07) is 6.98. The number of H-pyrrole nitrogens is 2. The molecule has 0 atom stereocenters. The van der Waals surface area contributed by atoms with E-state index in [9.17, 15) is 9.59 Å². The van der Waals surface area contributed by atoms with Crippen molar-refractivity contribution in [1.82, 2.24) is 15.1 Å². The Bertz CT molecular complexity index is 719. The van der Waals surface area contributed by atoms with Crippen molar-refractivity contribution in [2.75, 3.05) is 19.0 Å². The number of ether oxygens (including phenoxy) is 1. The number of amides is 2. The molecule has 0 fully saturated rings. The summed E-state index contributed by atoms with van der Waals surface area (Å²) in [5.41, 5.74) is 2.08. The van der Waals surface area contributed by atoms with Crippen LogP contribution in [0.5, 0.6) is 5.75 Å². The van der Waals surface area contributed by atoms with Gasteiger partial charge in [-0.1, -0.05) is 6.07 Å². The molecule has 7 nitrogen and oxygen atoms in total. The Kier molecular flexibility index (Phi) is 3.39. The first-order chi connectivity index (χ1) is 10.2. The highest BCUT2D eigenvalue weighted by Gasteiger charge is 2.23. The lowest BCUT2D eigenvalue weighted by molar-refractivity contribution is 0.205. The van der Waals surface area contributed by atoms with E-state index < -0.39 is 0 Å². The maximum Gasteiger partial charge on any atom is 0.322 e. The Hall–Kier alpha value is -2.70. The molecule has 110 valence electrons. The summed E-state index contributed by atoms with van der Waals surface area (Å²) in [6.45, 7) is 0.910. The van der Waals surface area contributed by atoms with E-state index in [2.05, 4.69) is 15.5 Å². The summed E-state index contributed by atoms with van der Waals surface area (Å²) in [5, 5.41) is 8.19. The minimum Gasteiger partial charge on any atom is -0.497 e. The van der Waals surface area contributed by atoms with Crippen molar-refractivity contribution < 1.29 is 9.53 Å². The molecule has 0 bridgehead atoms. The molecular formula is C14H16N4O3. The van der Waals surface area contributed by atoms with Gasteiger partial charge in [0, 0.05) is 23.9 Å². The summed E-state index contributed by atoms with van der Waals surface area (Å²) in [4.78, 5) is 25.4. The number of carbonyl (C=O) groups excluding carboxylic acids is 1. The molecule has 2 amide bonds. The van der Waals surface area contributed by atoms with Gasteiger partial charge >= 0.3 is 6.03 Å². The number of benzene rings is 1. The molecule has 1 aromatic carbocycles. The van der Waals surface area contributed by atoms with Crippen LogP contribution >= 0.6 is 0 Å². The molecule has 0 saturated carbocycles. The van der Waals surface area contributed by atoms with Crippen LogP contribution in [0.25, 0.3) is 0 Å². The van der Waals surface area contributed by atoms with Gasteiger partial charge in [0.1, 0.15) is 5.75 Å². The Morgan fingerprint density at radius 3 is 3.05 bits per heavy atom. The van der Waals surface area contributed by atoms with Gasteiger partial charge < -0.3 is 20.1 Å². The maximum atomic E-state index is 12.3. The van der Waals surface area contributed by atoms with E-state index in [-0.39, 0.29) is 11.6 Å². The number of urea groups is 1. The Labute approximate surface area is 120 Å². The third-order valence-corrected chi connectivity index (χ3v) is 3.55. The predicted molar refractivity (Wildman–Crippen MR) is 77.5 cm³/mol. The van der Waals surface area contributed by atoms with E-state index in [1.807, 2.05) is 12.1 Å². The van der Waals surface area contributed by atoms with Gasteiger partial charge in [0.05, 0.1) is 19.3 Å². The van der Waals surface area contributed by atoms with Crippen LogP contribution in [0.15, 0.2) is 29.1 Å². The molecule has 0 spiro atoms. The minimum atomic E-state index is -0.198. The first kappa shape index (κ1) is 13.3. The standard InChI is InChI=1S/C14H16N4O3/c1-21-10-4-2-3-9(7-10)15-14(20)18-6-5-11-12(8-18)16-17-13(11)19/h2-4,7H,5-6,8H2,1H3,(H,15,20)(H2,16,17,19). The minimum absolute atomic E-state index is 0.0992. The number of fused-ring (bicyclic) bond motifs is 1. The third-order valence-electron chi connectivity index (χ3n) is 3.55. The van der Waals surface area contributed by atoms with Crippen LogP contribution in [0.2, 0.25) is 0 Å². The first-order valence-corrected chi connectivity index (χ1v) is 6.66. The molecule has 0 unspecified atom stereocenters. The SMILES string of the molecule is COc1cccc(NC(=O)N2CCc3c([nH][nH]c3=O)C2)c1. The first-order valence-electron chi connectivity index (χ1n) is 6.66. The molecule has 0 saturated heterocycles. The van der Waals surface area contributed by atoms with E-state index in [4.69, 9.17) is 4.74 Å². The van der Waals surface area contributed by atoms with Crippen LogP contribution in [0.1, 0.15) is 11.3 Å². The topological polar surface area (TPSA) is 90.2 Å². The molecule has 2 aromatic rings. The lowest BCUT2D eigenvalue weighted by atomic mass is 10.1. The van der Waals surface area contributed by atoms with Crippen molar-refractivity contribution in [3.8, 4) is 5.75 Å². The summed E-state index contributed by atoms with van der Waals surface area (Å²) >= 11 is 0. The zero-order chi connectivity index (χ0) is 14.8. The molecule has 0 radical (unpaired) electrons. The molecule has 1 aromatic heterocycles. The van der Waals surface area contributed by atoms with Gasteiger partial charge in [-0.05, 0) is 18.6 Å². The van der Waals surface area contributed by atoms with Crippen LogP contribution in [-0.2, 0) is 13.0 Å². The van der Waals surface area contributed by atoms with Gasteiger partial charge in [0.2, 0.25) is 0 Å². The lowest BCUT2D eigenvalue weighted by Crippen LogP contribution is -2.39. The van der Waals surface area contributed by atoms with E-state index in [0.717, 1.165) is 11.3 Å². The predicted octanol–water partition coefficient (Wildman–Crippen LogP) is 1.30. The number of aromatic amines is 2. The largest absolute Gasteiger partial charge is 0.497 e. The van der Waals surface area contributed by atoms with Gasteiger partial charge in [0.15, 0.2) is 0 Å². The molecule has 2 heterocycles. The van der Waals surface area contributed by atoms with E-state index in [1.165, 1.54) is 0 Å². The van der Waals surface area contributed by atoms with Crippen molar-refractivity contribution in [3.63, 3.8) is 0 Å². The Morgan fingerprint density at radius 1 is 1.38 bits per heavy atom. The zero-order valence-electron chi connectivity index (χ0n) is 11.6. The molecule has 1 aliphatic heterocycles. The maximum absolute atomic E-state index is 12.3. The van der Waals surface area contributed by atoms with Gasteiger partial charge in [-0.25, -0.2) is 4.79 Å². The third kappa shape index (κ3) is 2.62. The van der Waals surface area contributed by atoms with Crippen LogP contribution in [-0.4, -0.2) is 34.8 Å². The normalized spacial score (nSPS) is 13.7. The van der Waals surface area contributed by atoms with E-state index in [0.29, 0.717) is 30.9 Å². The Morgan fingerprint density at radius 2 is 2.24 bits per heavy atom. The fourth-order valence-electron chi connectivity index (χ4n) is 2.41. The monoisotopic (exact) mass is 288 g/mol. The highest BCUT2D eigenvalue weighted by atomic mass is 16.5. The fourth-order valence-corrected chi connectivity index (χ4v) is 2.41. The highest BCUT2D eigenvalue weighted by Crippen LogP contribution is 2.19. The number of rotatable bonds is 2. The summed E-state index contributed by atoms with van der Waals surface area (Å²) < 4.78 is 5.12. The zero-order valence-corrected chi connectivity index (χ0v) is 11.6. The number of hydrogen-bond donors (Lipinski definition) is 3. The number of hydrogen-bond acceptors (Lipinski definition) is 3. The number of carbonyl (C=O) groups is 1. The van der Waals surface area contributed by atoms with Crippen molar-refractivity contribution in [3.05, 3.63) is 45.9 Å². The smallest absolute Gasteiger partial charge is 0.322 e. The molecule has 1 aliphatic rings. The lowest BCUT2D eigenvalue weighted by Gasteiger charge is -2.26. The van der Waals surface area contributed by atoms with Crippen LogP contribution in [0.4, 0.5) is 10.5 Å². The van der Waals surface area contributed by atoms with Crippen molar-refractivity contribution in [2.24, 2.45) is 0 Å². The molecular weight excluding hydrogens is 272 g/mol. The molecule has 21 heavy (non-hydrogen) atoms. The average Bonchev–Trinajstić information content (AvgIpc) is 2.88. The van der Waals surface area contributed by atoms with Gasteiger partial charge in [0.25, 0.3) is 5.56 Å². The van der Waals surface area contributed by atoms with E-state index in [1.54, 1.807) is 24.1 Å². The second-order valence-corrected chi connectivity index (χ2v) is 4.87. The number of methoxy groups -OCH3 is 1. The Balaban J connectivity index is 1.70. The second kappa shape index (κ2) is 5.35. The number of anilines is 1. The molecule has 3 N–H and O–H groups in total. The quantitative estimate of drug-likeness (QED) is 0.778. The highest BCUT2D eigenvalue weighted by molar-refractivity contribution is 5.89. The van der Waals surface area contributed by atoms with E-state index >= 15 is 0 Å². The van der Waals surface area contributed by atoms with Crippen molar-refractivity contribution >= 4 is 11.7 Å². The van der Waals surface area contributed by atoms with Crippen LogP contribution in [0.3, 0.4) is 0 Å². The molecule has 7 heteroatoms. The molecule has 3 rings (SSSR count). The summed E-state index contributed by atoms with van der Waals surface area (Å²) in [7, 11) is 1.58.